The van der Waals surface area contributed by atoms with Crippen LogP contribution in [0.1, 0.15) is 63.1 Å². The van der Waals surface area contributed by atoms with E-state index < -0.39 is 0 Å². The molecule has 1 aromatic heterocycles. The van der Waals surface area contributed by atoms with Gasteiger partial charge in [0.2, 0.25) is 0 Å². The van der Waals surface area contributed by atoms with E-state index in [1.165, 1.54) is 57.2 Å². The van der Waals surface area contributed by atoms with E-state index in [2.05, 4.69) is 14.8 Å². The molecule has 0 saturated heterocycles. The first-order valence-corrected chi connectivity index (χ1v) is 8.32. The van der Waals surface area contributed by atoms with Gasteiger partial charge >= 0.3 is 0 Å². The van der Waals surface area contributed by atoms with Crippen molar-refractivity contribution in [1.82, 2.24) is 14.8 Å². The summed E-state index contributed by atoms with van der Waals surface area (Å²) in [5.74, 6) is 4.88. The molecule has 0 aliphatic heterocycles. The number of H-pyrrole nitrogens is 1. The fraction of sp³-hybridized carbons (Fsp3) is 0.867. The lowest BCUT2D eigenvalue weighted by atomic mass is 9.53. The lowest BCUT2D eigenvalue weighted by molar-refractivity contribution is -0.0452. The summed E-state index contributed by atoms with van der Waals surface area (Å²) in [6.45, 7) is 0. The molecular formula is C15H21N3S. The fourth-order valence-corrected chi connectivity index (χ4v) is 6.05. The summed E-state index contributed by atoms with van der Waals surface area (Å²) in [7, 11) is 0. The van der Waals surface area contributed by atoms with Gasteiger partial charge in [0.15, 0.2) is 4.77 Å². The smallest absolute Gasteiger partial charge is 0.195 e. The maximum Gasteiger partial charge on any atom is 0.195 e. The maximum absolute atomic E-state index is 5.60. The van der Waals surface area contributed by atoms with Gasteiger partial charge in [0.25, 0.3) is 0 Å². The minimum atomic E-state index is 0.344. The molecule has 1 N–H and O–H groups in total. The van der Waals surface area contributed by atoms with Crippen molar-refractivity contribution in [3.8, 4) is 0 Å². The van der Waals surface area contributed by atoms with E-state index in [0.717, 1.165) is 22.5 Å². The largest absolute Gasteiger partial charge is 0.298 e. The predicted octanol–water partition coefficient (Wildman–Crippen LogP) is 3.74. The van der Waals surface area contributed by atoms with E-state index in [1.54, 1.807) is 0 Å². The first-order chi connectivity index (χ1) is 9.23. The zero-order valence-electron chi connectivity index (χ0n) is 11.3. The summed E-state index contributed by atoms with van der Waals surface area (Å²) in [6.07, 6.45) is 11.2. The molecule has 102 valence electrons. The lowest BCUT2D eigenvalue weighted by Gasteiger charge is -2.57. The maximum atomic E-state index is 5.60. The molecule has 5 fully saturated rings. The first-order valence-electron chi connectivity index (χ1n) is 7.91. The second-order valence-corrected chi connectivity index (χ2v) is 8.03. The molecule has 0 unspecified atom stereocenters. The third kappa shape index (κ3) is 1.49. The van der Waals surface area contributed by atoms with Crippen LogP contribution in [0.25, 0.3) is 0 Å². The summed E-state index contributed by atoms with van der Waals surface area (Å²) in [5, 5.41) is 7.68. The molecule has 5 aliphatic carbocycles. The molecule has 0 radical (unpaired) electrons. The Kier molecular flexibility index (Phi) is 2.05. The minimum absolute atomic E-state index is 0.344. The van der Waals surface area contributed by atoms with Crippen molar-refractivity contribution in [3.63, 3.8) is 0 Å². The highest BCUT2D eigenvalue weighted by atomic mass is 32.1. The Labute approximate surface area is 118 Å². The molecule has 19 heavy (non-hydrogen) atoms. The van der Waals surface area contributed by atoms with Gasteiger partial charge < -0.3 is 0 Å². The van der Waals surface area contributed by atoms with Gasteiger partial charge in [0.1, 0.15) is 5.82 Å². The average Bonchev–Trinajstić information content (AvgIpc) is 3.10. The molecule has 5 aliphatic rings. The molecule has 0 spiro atoms. The van der Waals surface area contributed by atoms with Crippen LogP contribution in [0.4, 0.5) is 0 Å². The molecule has 0 atom stereocenters. The Morgan fingerprint density at radius 1 is 1.05 bits per heavy atom. The van der Waals surface area contributed by atoms with E-state index in [1.807, 2.05) is 0 Å². The van der Waals surface area contributed by atoms with Crippen molar-refractivity contribution in [2.24, 2.45) is 17.8 Å². The lowest BCUT2D eigenvalue weighted by Crippen LogP contribution is -2.52. The highest BCUT2D eigenvalue weighted by Gasteiger charge is 2.53. The second kappa shape index (κ2) is 3.51. The molecule has 4 bridgehead atoms. The Morgan fingerprint density at radius 3 is 2.16 bits per heavy atom. The van der Waals surface area contributed by atoms with Crippen molar-refractivity contribution < 1.29 is 0 Å². The number of hydrogen-bond donors (Lipinski definition) is 1. The zero-order valence-corrected chi connectivity index (χ0v) is 12.1. The average molecular weight is 275 g/mol. The van der Waals surface area contributed by atoms with Crippen LogP contribution in [-0.4, -0.2) is 14.8 Å². The van der Waals surface area contributed by atoms with Gasteiger partial charge in [0, 0.05) is 11.5 Å². The van der Waals surface area contributed by atoms with E-state index in [0.29, 0.717) is 11.5 Å². The van der Waals surface area contributed by atoms with Crippen LogP contribution in [0, 0.1) is 22.5 Å². The van der Waals surface area contributed by atoms with Crippen molar-refractivity contribution in [2.75, 3.05) is 0 Å². The number of aromatic nitrogens is 3. The van der Waals surface area contributed by atoms with Crippen LogP contribution >= 0.6 is 12.2 Å². The van der Waals surface area contributed by atoms with Crippen LogP contribution in [0.15, 0.2) is 0 Å². The number of hydrogen-bond acceptors (Lipinski definition) is 2. The van der Waals surface area contributed by atoms with Crippen LogP contribution in [-0.2, 0) is 5.54 Å². The first kappa shape index (κ1) is 11.1. The monoisotopic (exact) mass is 275 g/mol. The van der Waals surface area contributed by atoms with Crippen molar-refractivity contribution >= 4 is 12.2 Å². The van der Waals surface area contributed by atoms with Gasteiger partial charge in [0.05, 0.1) is 0 Å². The summed E-state index contributed by atoms with van der Waals surface area (Å²) in [4.78, 5) is 0. The molecule has 5 saturated carbocycles. The zero-order chi connectivity index (χ0) is 12.6. The standard InChI is InChI=1S/C15H21N3S/c19-14-17-16-13(12-1-2-12)18(14)15-6-9-3-10(7-15)5-11(4-9)8-15/h9-12H,1-8H2,(H,17,19). The number of aromatic amines is 1. The third-order valence-corrected chi connectivity index (χ3v) is 6.39. The van der Waals surface area contributed by atoms with Crippen molar-refractivity contribution in [3.05, 3.63) is 10.6 Å². The second-order valence-electron chi connectivity index (χ2n) is 7.64. The van der Waals surface area contributed by atoms with Crippen LogP contribution in [0.5, 0.6) is 0 Å². The Hall–Kier alpha value is -0.640. The molecule has 6 rings (SSSR count). The molecule has 0 aromatic carbocycles. The highest BCUT2D eigenvalue weighted by Crippen LogP contribution is 2.59. The molecule has 0 amide bonds. The summed E-state index contributed by atoms with van der Waals surface area (Å²) < 4.78 is 3.38. The summed E-state index contributed by atoms with van der Waals surface area (Å²) >= 11 is 5.60. The van der Waals surface area contributed by atoms with Crippen molar-refractivity contribution in [2.45, 2.75) is 62.8 Å². The fourth-order valence-electron chi connectivity index (χ4n) is 5.72. The molecule has 1 aromatic rings. The normalized spacial score (nSPS) is 43.9. The van der Waals surface area contributed by atoms with Gasteiger partial charge in [-0.2, -0.15) is 5.10 Å². The number of nitrogens with one attached hydrogen (secondary N) is 1. The van der Waals surface area contributed by atoms with E-state index >= 15 is 0 Å². The third-order valence-electron chi connectivity index (χ3n) is 6.12. The Morgan fingerprint density at radius 2 is 1.63 bits per heavy atom. The van der Waals surface area contributed by atoms with Crippen molar-refractivity contribution in [1.29, 1.82) is 0 Å². The van der Waals surface area contributed by atoms with Gasteiger partial charge in [-0.3, -0.25) is 9.67 Å². The van der Waals surface area contributed by atoms with Gasteiger partial charge in [-0.05, 0) is 81.3 Å². The minimum Gasteiger partial charge on any atom is -0.298 e. The number of nitrogens with zero attached hydrogens (tertiary/aromatic N) is 2. The van der Waals surface area contributed by atoms with Gasteiger partial charge in [-0.15, -0.1) is 0 Å². The predicted molar refractivity (Wildman–Crippen MR) is 75.5 cm³/mol. The van der Waals surface area contributed by atoms with Crippen LogP contribution in [0.3, 0.4) is 0 Å². The van der Waals surface area contributed by atoms with Crippen LogP contribution < -0.4 is 0 Å². The van der Waals surface area contributed by atoms with E-state index in [-0.39, 0.29) is 0 Å². The van der Waals surface area contributed by atoms with E-state index in [9.17, 15) is 0 Å². The Bertz CT molecular complexity index is 545. The summed E-state index contributed by atoms with van der Waals surface area (Å²) in [6, 6.07) is 0. The molecule has 3 nitrogen and oxygen atoms in total. The quantitative estimate of drug-likeness (QED) is 0.834. The van der Waals surface area contributed by atoms with E-state index in [4.69, 9.17) is 12.2 Å². The molecule has 4 heteroatoms. The van der Waals surface area contributed by atoms with Gasteiger partial charge in [-0.25, -0.2) is 0 Å². The van der Waals surface area contributed by atoms with Gasteiger partial charge in [-0.1, -0.05) is 0 Å². The Balaban J connectivity index is 1.65. The van der Waals surface area contributed by atoms with Crippen LogP contribution in [0.2, 0.25) is 0 Å². The topological polar surface area (TPSA) is 33.6 Å². The summed E-state index contributed by atoms with van der Waals surface area (Å²) in [5.41, 5.74) is 0.344. The number of rotatable bonds is 2. The highest BCUT2D eigenvalue weighted by molar-refractivity contribution is 7.71. The SMILES string of the molecule is S=c1[nH]nc(C2CC2)n1C12CC3CC(CC(C3)C1)C2. The molecule has 1 heterocycles. The molecular weight excluding hydrogens is 254 g/mol.